The van der Waals surface area contributed by atoms with Crippen molar-refractivity contribution in [1.29, 1.82) is 0 Å². The van der Waals surface area contributed by atoms with Crippen molar-refractivity contribution in [2.24, 2.45) is 11.7 Å². The van der Waals surface area contributed by atoms with Crippen LogP contribution >= 0.6 is 0 Å². The SMILES string of the molecule is NC1CCCc2c1ccc(=O)n2CC1CCOCC1. The third-order valence-electron chi connectivity index (χ3n) is 4.44. The number of pyridine rings is 1. The predicted molar refractivity (Wildman–Crippen MR) is 74.1 cm³/mol. The maximum atomic E-state index is 12.2. The van der Waals surface area contributed by atoms with Gasteiger partial charge in [-0.2, -0.15) is 0 Å². The first kappa shape index (κ1) is 12.9. The van der Waals surface area contributed by atoms with Gasteiger partial charge in [0.1, 0.15) is 0 Å². The molecule has 3 rings (SSSR count). The van der Waals surface area contributed by atoms with Crippen LogP contribution in [0.4, 0.5) is 0 Å². The fourth-order valence-electron chi connectivity index (χ4n) is 3.29. The molecule has 1 saturated heterocycles. The lowest BCUT2D eigenvalue weighted by Gasteiger charge is -2.28. The second-order valence-electron chi connectivity index (χ2n) is 5.74. The van der Waals surface area contributed by atoms with Crippen molar-refractivity contribution in [3.05, 3.63) is 33.7 Å². The van der Waals surface area contributed by atoms with Gasteiger partial charge in [-0.15, -0.1) is 0 Å². The van der Waals surface area contributed by atoms with E-state index < -0.39 is 0 Å². The molecular formula is C15H22N2O2. The highest BCUT2D eigenvalue weighted by Crippen LogP contribution is 2.27. The van der Waals surface area contributed by atoms with Crippen LogP contribution in [0, 0.1) is 5.92 Å². The van der Waals surface area contributed by atoms with Crippen molar-refractivity contribution < 1.29 is 4.74 Å². The number of hydrogen-bond donors (Lipinski definition) is 1. The first-order valence-corrected chi connectivity index (χ1v) is 7.31. The number of hydrogen-bond acceptors (Lipinski definition) is 3. The maximum Gasteiger partial charge on any atom is 0.250 e. The Morgan fingerprint density at radius 3 is 2.84 bits per heavy atom. The van der Waals surface area contributed by atoms with Gasteiger partial charge in [-0.05, 0) is 43.6 Å². The van der Waals surface area contributed by atoms with Gasteiger partial charge in [0.05, 0.1) is 0 Å². The van der Waals surface area contributed by atoms with Crippen LogP contribution in [0.15, 0.2) is 16.9 Å². The molecule has 1 unspecified atom stereocenters. The average Bonchev–Trinajstić information content (AvgIpc) is 2.43. The molecule has 1 atom stereocenters. The summed E-state index contributed by atoms with van der Waals surface area (Å²) in [5.41, 5.74) is 8.64. The summed E-state index contributed by atoms with van der Waals surface area (Å²) in [7, 11) is 0. The van der Waals surface area contributed by atoms with Crippen LogP contribution in [-0.4, -0.2) is 17.8 Å². The van der Waals surface area contributed by atoms with Crippen LogP contribution < -0.4 is 11.3 Å². The standard InChI is InChI=1S/C15H22N2O2/c16-13-2-1-3-14-12(13)4-5-15(18)17(14)10-11-6-8-19-9-7-11/h4-5,11,13H,1-3,6-10,16H2. The van der Waals surface area contributed by atoms with E-state index in [4.69, 9.17) is 10.5 Å². The summed E-state index contributed by atoms with van der Waals surface area (Å²) in [5, 5.41) is 0. The van der Waals surface area contributed by atoms with Crippen molar-refractivity contribution in [1.82, 2.24) is 4.57 Å². The van der Waals surface area contributed by atoms with Crippen LogP contribution in [0.2, 0.25) is 0 Å². The van der Waals surface area contributed by atoms with Gasteiger partial charge >= 0.3 is 0 Å². The molecule has 1 fully saturated rings. The number of nitrogens with zero attached hydrogens (tertiary/aromatic N) is 1. The molecule has 104 valence electrons. The highest BCUT2D eigenvalue weighted by molar-refractivity contribution is 5.27. The van der Waals surface area contributed by atoms with E-state index in [0.717, 1.165) is 51.9 Å². The van der Waals surface area contributed by atoms with Gasteiger partial charge in [0.25, 0.3) is 5.56 Å². The first-order chi connectivity index (χ1) is 9.25. The molecule has 1 aromatic heterocycles. The molecule has 1 aromatic rings. The Bertz CT molecular complexity index is 503. The summed E-state index contributed by atoms with van der Waals surface area (Å²) < 4.78 is 7.37. The monoisotopic (exact) mass is 262 g/mol. The highest BCUT2D eigenvalue weighted by Gasteiger charge is 2.22. The number of ether oxygens (including phenoxy) is 1. The normalized spacial score (nSPS) is 24.2. The Kier molecular flexibility index (Phi) is 3.71. The van der Waals surface area contributed by atoms with Crippen molar-refractivity contribution >= 4 is 0 Å². The molecular weight excluding hydrogens is 240 g/mol. The van der Waals surface area contributed by atoms with E-state index in [0.29, 0.717) is 5.92 Å². The highest BCUT2D eigenvalue weighted by atomic mass is 16.5. The smallest absolute Gasteiger partial charge is 0.250 e. The third-order valence-corrected chi connectivity index (χ3v) is 4.44. The van der Waals surface area contributed by atoms with E-state index in [9.17, 15) is 4.79 Å². The zero-order valence-electron chi connectivity index (χ0n) is 11.3. The summed E-state index contributed by atoms with van der Waals surface area (Å²) in [6.45, 7) is 2.49. The Labute approximate surface area is 113 Å². The van der Waals surface area contributed by atoms with Crippen molar-refractivity contribution in [2.75, 3.05) is 13.2 Å². The van der Waals surface area contributed by atoms with Crippen LogP contribution in [0.3, 0.4) is 0 Å². The Morgan fingerprint density at radius 1 is 1.26 bits per heavy atom. The Balaban J connectivity index is 1.91. The molecule has 19 heavy (non-hydrogen) atoms. The van der Waals surface area contributed by atoms with E-state index in [1.165, 1.54) is 11.3 Å². The van der Waals surface area contributed by atoms with Crippen molar-refractivity contribution in [2.45, 2.75) is 44.7 Å². The van der Waals surface area contributed by atoms with Gasteiger partial charge in [-0.1, -0.05) is 6.07 Å². The number of aromatic nitrogens is 1. The summed E-state index contributed by atoms with van der Waals surface area (Å²) in [4.78, 5) is 12.2. The van der Waals surface area contributed by atoms with Crippen molar-refractivity contribution in [3.8, 4) is 0 Å². The minimum atomic E-state index is 0.102. The zero-order chi connectivity index (χ0) is 13.2. The molecule has 2 heterocycles. The Morgan fingerprint density at radius 2 is 2.05 bits per heavy atom. The van der Waals surface area contributed by atoms with Gasteiger partial charge in [0.2, 0.25) is 0 Å². The van der Waals surface area contributed by atoms with Crippen LogP contribution in [0.1, 0.15) is 43.0 Å². The second-order valence-corrected chi connectivity index (χ2v) is 5.74. The lowest BCUT2D eigenvalue weighted by molar-refractivity contribution is 0.0606. The van der Waals surface area contributed by atoms with Gasteiger partial charge < -0.3 is 15.0 Å². The molecule has 0 saturated carbocycles. The average molecular weight is 262 g/mol. The maximum absolute atomic E-state index is 12.2. The van der Waals surface area contributed by atoms with Gasteiger partial charge in [0, 0.05) is 37.6 Å². The lowest BCUT2D eigenvalue weighted by Crippen LogP contribution is -2.32. The molecule has 4 heteroatoms. The molecule has 1 aliphatic heterocycles. The molecule has 0 aromatic carbocycles. The minimum Gasteiger partial charge on any atom is -0.381 e. The zero-order valence-corrected chi connectivity index (χ0v) is 11.3. The predicted octanol–water partition coefficient (Wildman–Crippen LogP) is 1.61. The van der Waals surface area contributed by atoms with Crippen LogP contribution in [0.5, 0.6) is 0 Å². The second kappa shape index (κ2) is 5.47. The summed E-state index contributed by atoms with van der Waals surface area (Å²) in [6.07, 6.45) is 5.22. The van der Waals surface area contributed by atoms with E-state index in [2.05, 4.69) is 0 Å². The quantitative estimate of drug-likeness (QED) is 0.881. The van der Waals surface area contributed by atoms with Gasteiger partial charge in [0.15, 0.2) is 0 Å². The number of rotatable bonds is 2. The fourth-order valence-corrected chi connectivity index (χ4v) is 3.29. The van der Waals surface area contributed by atoms with E-state index in [1.807, 2.05) is 10.6 Å². The molecule has 0 spiro atoms. The largest absolute Gasteiger partial charge is 0.381 e. The summed E-state index contributed by atoms with van der Waals surface area (Å²) in [5.74, 6) is 0.566. The number of fused-ring (bicyclic) bond motifs is 1. The topological polar surface area (TPSA) is 57.2 Å². The molecule has 0 bridgehead atoms. The summed E-state index contributed by atoms with van der Waals surface area (Å²) in [6, 6.07) is 3.72. The summed E-state index contributed by atoms with van der Waals surface area (Å²) >= 11 is 0. The van der Waals surface area contributed by atoms with Crippen LogP contribution in [0.25, 0.3) is 0 Å². The van der Waals surface area contributed by atoms with Gasteiger partial charge in [-0.3, -0.25) is 4.79 Å². The molecule has 0 radical (unpaired) electrons. The van der Waals surface area contributed by atoms with Crippen molar-refractivity contribution in [3.63, 3.8) is 0 Å². The van der Waals surface area contributed by atoms with E-state index >= 15 is 0 Å². The van der Waals surface area contributed by atoms with E-state index in [-0.39, 0.29) is 11.6 Å². The Hall–Kier alpha value is -1.13. The lowest BCUT2D eigenvalue weighted by atomic mass is 9.91. The molecule has 1 aliphatic carbocycles. The number of nitrogens with two attached hydrogens (primary N) is 1. The molecule has 4 nitrogen and oxygen atoms in total. The first-order valence-electron chi connectivity index (χ1n) is 7.31. The minimum absolute atomic E-state index is 0.102. The third kappa shape index (κ3) is 2.60. The molecule has 2 N–H and O–H groups in total. The van der Waals surface area contributed by atoms with Crippen LogP contribution in [-0.2, 0) is 17.7 Å². The fraction of sp³-hybridized carbons (Fsp3) is 0.667. The van der Waals surface area contributed by atoms with Gasteiger partial charge in [-0.25, -0.2) is 0 Å². The van der Waals surface area contributed by atoms with E-state index in [1.54, 1.807) is 6.07 Å². The molecule has 0 amide bonds. The molecule has 2 aliphatic rings.